The van der Waals surface area contributed by atoms with Crippen LogP contribution in [0.4, 0.5) is 0 Å². The summed E-state index contributed by atoms with van der Waals surface area (Å²) in [6.45, 7) is 3.25. The lowest BCUT2D eigenvalue weighted by atomic mass is 9.94. The zero-order valence-corrected chi connectivity index (χ0v) is 16.3. The fourth-order valence-corrected chi connectivity index (χ4v) is 4.71. The molecule has 1 aromatic heterocycles. The number of hydrogen-bond acceptors (Lipinski definition) is 4. The maximum absolute atomic E-state index is 12.7. The first-order valence-electron chi connectivity index (χ1n) is 9.18. The van der Waals surface area contributed by atoms with Crippen molar-refractivity contribution in [2.75, 3.05) is 13.1 Å². The van der Waals surface area contributed by atoms with Gasteiger partial charge in [0, 0.05) is 25.7 Å². The van der Waals surface area contributed by atoms with Gasteiger partial charge in [-0.05, 0) is 49.9 Å². The van der Waals surface area contributed by atoms with Gasteiger partial charge in [0.05, 0.1) is 17.1 Å². The largest absolute Gasteiger partial charge is 0.350 e. The average molecular weight is 388 g/mol. The molecule has 1 aromatic carbocycles. The summed E-state index contributed by atoms with van der Waals surface area (Å²) < 4.78 is 27.0. The Morgan fingerprint density at radius 2 is 1.85 bits per heavy atom. The van der Waals surface area contributed by atoms with Crippen molar-refractivity contribution in [3.8, 4) is 0 Å². The first-order valence-corrected chi connectivity index (χ1v) is 10.6. The Balaban J connectivity index is 1.48. The van der Waals surface area contributed by atoms with Crippen molar-refractivity contribution in [3.63, 3.8) is 0 Å². The lowest BCUT2D eigenvalue weighted by Gasteiger charge is -2.31. The van der Waals surface area contributed by atoms with Crippen LogP contribution in [0, 0.1) is 12.8 Å². The molecule has 0 saturated carbocycles. The van der Waals surface area contributed by atoms with Crippen LogP contribution >= 0.6 is 0 Å². The maximum atomic E-state index is 12.7. The van der Waals surface area contributed by atoms with E-state index < -0.39 is 10.0 Å². The summed E-state index contributed by atoms with van der Waals surface area (Å²) in [5.41, 5.74) is 1.86. The molecule has 0 aliphatic carbocycles. The van der Waals surface area contributed by atoms with Crippen LogP contribution < -0.4 is 5.32 Å². The summed E-state index contributed by atoms with van der Waals surface area (Å²) in [5, 5.41) is 2.89. The van der Waals surface area contributed by atoms with Gasteiger partial charge in [0.25, 0.3) is 0 Å². The zero-order chi connectivity index (χ0) is 19.3. The van der Waals surface area contributed by atoms with E-state index in [2.05, 4.69) is 10.3 Å². The molecule has 27 heavy (non-hydrogen) atoms. The van der Waals surface area contributed by atoms with E-state index in [4.69, 9.17) is 0 Å². The van der Waals surface area contributed by atoms with Crippen LogP contribution in [-0.4, -0.2) is 36.7 Å². The van der Waals surface area contributed by atoms with Crippen molar-refractivity contribution in [3.05, 3.63) is 59.9 Å². The van der Waals surface area contributed by atoms with E-state index in [1.54, 1.807) is 18.3 Å². The first kappa shape index (κ1) is 19.5. The molecule has 0 unspecified atom stereocenters. The smallest absolute Gasteiger partial charge is 0.243 e. The number of pyridine rings is 1. The fourth-order valence-electron chi connectivity index (χ4n) is 3.24. The number of aryl methyl sites for hydroxylation is 1. The summed E-state index contributed by atoms with van der Waals surface area (Å²) in [4.78, 5) is 16.7. The highest BCUT2D eigenvalue weighted by Crippen LogP contribution is 2.25. The number of hydrogen-bond donors (Lipinski definition) is 1. The van der Waals surface area contributed by atoms with Gasteiger partial charge in [-0.1, -0.05) is 23.8 Å². The number of sulfonamides is 1. The van der Waals surface area contributed by atoms with Crippen molar-refractivity contribution in [1.29, 1.82) is 0 Å². The molecule has 6 nitrogen and oxygen atoms in total. The number of piperidine rings is 1. The van der Waals surface area contributed by atoms with Crippen LogP contribution in [0.2, 0.25) is 0 Å². The Hall–Kier alpha value is -2.25. The number of benzene rings is 1. The summed E-state index contributed by atoms with van der Waals surface area (Å²) in [6.07, 6.45) is 3.52. The molecule has 2 aromatic rings. The van der Waals surface area contributed by atoms with Crippen molar-refractivity contribution < 1.29 is 13.2 Å². The summed E-state index contributed by atoms with van der Waals surface area (Å²) in [5.74, 6) is 0.193. The topological polar surface area (TPSA) is 79.4 Å². The van der Waals surface area contributed by atoms with E-state index in [-0.39, 0.29) is 11.8 Å². The van der Waals surface area contributed by atoms with Gasteiger partial charge in [0.1, 0.15) is 0 Å². The number of nitrogens with zero attached hydrogens (tertiary/aromatic N) is 2. The van der Waals surface area contributed by atoms with Gasteiger partial charge in [-0.15, -0.1) is 0 Å². The monoisotopic (exact) mass is 387 g/mol. The number of carbonyl (C=O) groups excluding carboxylic acids is 1. The Labute approximate surface area is 160 Å². The van der Waals surface area contributed by atoms with Gasteiger partial charge < -0.3 is 5.32 Å². The van der Waals surface area contributed by atoms with Crippen molar-refractivity contribution >= 4 is 15.9 Å². The van der Waals surface area contributed by atoms with Crippen LogP contribution in [0.25, 0.3) is 0 Å². The molecule has 144 valence electrons. The molecule has 0 spiro atoms. The number of aromatic nitrogens is 1. The molecule has 7 heteroatoms. The van der Waals surface area contributed by atoms with Gasteiger partial charge in [0.15, 0.2) is 0 Å². The second-order valence-corrected chi connectivity index (χ2v) is 8.90. The average Bonchev–Trinajstić information content (AvgIpc) is 2.68. The van der Waals surface area contributed by atoms with E-state index >= 15 is 0 Å². The van der Waals surface area contributed by atoms with E-state index in [0.29, 0.717) is 43.8 Å². The van der Waals surface area contributed by atoms with Gasteiger partial charge in [-0.3, -0.25) is 9.78 Å². The number of rotatable bonds is 6. The molecule has 2 heterocycles. The van der Waals surface area contributed by atoms with E-state index in [1.807, 2.05) is 37.3 Å². The third kappa shape index (κ3) is 5.14. The van der Waals surface area contributed by atoms with E-state index in [1.165, 1.54) is 4.31 Å². The quantitative estimate of drug-likeness (QED) is 0.826. The number of amides is 1. The second kappa shape index (κ2) is 8.63. The normalized spacial score (nSPS) is 16.2. The zero-order valence-electron chi connectivity index (χ0n) is 15.5. The minimum Gasteiger partial charge on any atom is -0.350 e. The van der Waals surface area contributed by atoms with Crippen LogP contribution in [0.5, 0.6) is 0 Å². The number of nitrogens with one attached hydrogen (secondary N) is 1. The Morgan fingerprint density at radius 1 is 1.15 bits per heavy atom. The lowest BCUT2D eigenvalue weighted by molar-refractivity contribution is -0.122. The molecule has 0 bridgehead atoms. The van der Waals surface area contributed by atoms with Gasteiger partial charge >= 0.3 is 0 Å². The molecule has 1 aliphatic rings. The molecular formula is C20H25N3O3S. The van der Waals surface area contributed by atoms with Crippen molar-refractivity contribution in [2.24, 2.45) is 5.92 Å². The second-order valence-electron chi connectivity index (χ2n) is 6.96. The van der Waals surface area contributed by atoms with Gasteiger partial charge in [-0.2, -0.15) is 4.31 Å². The predicted octanol–water partition coefficient (Wildman–Crippen LogP) is 2.50. The summed E-state index contributed by atoms with van der Waals surface area (Å²) in [6, 6.07) is 12.5. The van der Waals surface area contributed by atoms with Gasteiger partial charge in [0.2, 0.25) is 15.9 Å². The molecule has 3 rings (SSSR count). The lowest BCUT2D eigenvalue weighted by Crippen LogP contribution is -2.39. The van der Waals surface area contributed by atoms with Crippen LogP contribution in [-0.2, 0) is 21.4 Å². The third-order valence-electron chi connectivity index (χ3n) is 4.90. The summed E-state index contributed by atoms with van der Waals surface area (Å²) >= 11 is 0. The molecule has 1 amide bonds. The van der Waals surface area contributed by atoms with Crippen LogP contribution in [0.15, 0.2) is 53.6 Å². The fraction of sp³-hybridized carbons (Fsp3) is 0.400. The highest BCUT2D eigenvalue weighted by Gasteiger charge is 2.30. The Bertz CT molecular complexity index is 859. The SMILES string of the molecule is Cc1ccc(S(=O)(=O)N2CCC(CC(=O)NCc3ccccn3)CC2)cc1. The minimum atomic E-state index is -3.45. The van der Waals surface area contributed by atoms with Crippen LogP contribution in [0.1, 0.15) is 30.5 Å². The van der Waals surface area contributed by atoms with E-state index in [0.717, 1.165) is 11.3 Å². The maximum Gasteiger partial charge on any atom is 0.243 e. The minimum absolute atomic E-state index is 0.0134. The molecule has 1 fully saturated rings. The standard InChI is InChI=1S/C20H25N3O3S/c1-16-5-7-19(8-6-16)27(25,26)23-12-9-17(10-13-23)14-20(24)22-15-18-4-2-3-11-21-18/h2-8,11,17H,9-10,12-15H2,1H3,(H,22,24). The Kier molecular flexibility index (Phi) is 6.23. The van der Waals surface area contributed by atoms with Crippen molar-refractivity contribution in [1.82, 2.24) is 14.6 Å². The molecule has 1 aliphatic heterocycles. The molecular weight excluding hydrogens is 362 g/mol. The summed E-state index contributed by atoms with van der Waals surface area (Å²) in [7, 11) is -3.45. The molecule has 0 atom stereocenters. The predicted molar refractivity (Wildman–Crippen MR) is 103 cm³/mol. The van der Waals surface area contributed by atoms with Crippen LogP contribution in [0.3, 0.4) is 0 Å². The molecule has 1 N–H and O–H groups in total. The highest BCUT2D eigenvalue weighted by atomic mass is 32.2. The Morgan fingerprint density at radius 3 is 2.48 bits per heavy atom. The van der Waals surface area contributed by atoms with E-state index in [9.17, 15) is 13.2 Å². The third-order valence-corrected chi connectivity index (χ3v) is 6.81. The first-order chi connectivity index (χ1) is 12.9. The molecule has 1 saturated heterocycles. The van der Waals surface area contributed by atoms with Gasteiger partial charge in [-0.25, -0.2) is 8.42 Å². The van der Waals surface area contributed by atoms with Crippen molar-refractivity contribution in [2.45, 2.75) is 37.6 Å². The number of carbonyl (C=O) groups is 1. The molecule has 0 radical (unpaired) electrons. The highest BCUT2D eigenvalue weighted by molar-refractivity contribution is 7.89.